The number of aryl methyl sites for hydroxylation is 1. The van der Waals surface area contributed by atoms with Crippen molar-refractivity contribution in [3.05, 3.63) is 58.4 Å². The molecule has 0 spiro atoms. The van der Waals surface area contributed by atoms with Crippen LogP contribution >= 0.6 is 0 Å². The predicted octanol–water partition coefficient (Wildman–Crippen LogP) is 3.40. The van der Waals surface area contributed by atoms with Gasteiger partial charge < -0.3 is 9.67 Å². The fourth-order valence-electron chi connectivity index (χ4n) is 2.16. The van der Waals surface area contributed by atoms with Crippen LogP contribution in [0.25, 0.3) is 11.6 Å². The summed E-state index contributed by atoms with van der Waals surface area (Å²) in [5.74, 6) is -0.974. The first-order valence-electron chi connectivity index (χ1n) is 6.52. The van der Waals surface area contributed by atoms with E-state index in [4.69, 9.17) is 5.11 Å². The van der Waals surface area contributed by atoms with Crippen LogP contribution in [-0.4, -0.2) is 15.6 Å². The normalized spacial score (nSPS) is 11.2. The summed E-state index contributed by atoms with van der Waals surface area (Å²) in [6, 6.07) is 10.5. The second kappa shape index (κ2) is 5.68. The van der Waals surface area contributed by atoms with Gasteiger partial charge in [-0.25, -0.2) is 4.79 Å². The molecule has 0 radical (unpaired) electrons. The first-order chi connectivity index (χ1) is 9.93. The van der Waals surface area contributed by atoms with Crippen molar-refractivity contribution in [2.75, 3.05) is 0 Å². The van der Waals surface area contributed by atoms with Gasteiger partial charge in [-0.15, -0.1) is 0 Å². The molecule has 0 aliphatic rings. The van der Waals surface area contributed by atoms with Crippen LogP contribution in [0.5, 0.6) is 0 Å². The summed E-state index contributed by atoms with van der Waals surface area (Å²) >= 11 is 0. The summed E-state index contributed by atoms with van der Waals surface area (Å²) in [6.07, 6.45) is 1.83. The van der Waals surface area contributed by atoms with Gasteiger partial charge in [-0.05, 0) is 49.2 Å². The molecule has 106 valence electrons. The minimum Gasteiger partial charge on any atom is -0.478 e. The molecule has 1 aromatic carbocycles. The van der Waals surface area contributed by atoms with Gasteiger partial charge in [-0.3, -0.25) is 0 Å². The highest BCUT2D eigenvalue weighted by molar-refractivity contribution is 5.92. The summed E-state index contributed by atoms with van der Waals surface area (Å²) in [5.41, 5.74) is 4.64. The van der Waals surface area contributed by atoms with Crippen molar-refractivity contribution >= 4 is 17.6 Å². The Balaban J connectivity index is 2.44. The largest absolute Gasteiger partial charge is 0.478 e. The number of allylic oxidation sites excluding steroid dienone is 1. The average molecular weight is 280 g/mol. The average Bonchev–Trinajstić information content (AvgIpc) is 2.72. The Labute approximate surface area is 123 Å². The number of benzene rings is 1. The molecule has 0 bridgehead atoms. The maximum atomic E-state index is 10.8. The molecule has 0 unspecified atom stereocenters. The molecule has 0 aliphatic heterocycles. The van der Waals surface area contributed by atoms with Crippen LogP contribution in [0.2, 0.25) is 0 Å². The van der Waals surface area contributed by atoms with Crippen LogP contribution in [0.1, 0.15) is 32.9 Å². The standard InChI is InChI=1S/C17H16N2O2/c1-11-8-15(12(2)19(11)3)9-16(10-18)13-4-6-14(7-5-13)17(20)21/h4-9H,1-3H3,(H,20,21)/b16-9-. The van der Waals surface area contributed by atoms with Crippen molar-refractivity contribution in [3.8, 4) is 6.07 Å². The zero-order valence-corrected chi connectivity index (χ0v) is 12.2. The summed E-state index contributed by atoms with van der Waals surface area (Å²) < 4.78 is 2.06. The number of carboxylic acid groups (broad SMARTS) is 1. The highest BCUT2D eigenvalue weighted by Gasteiger charge is 2.08. The highest BCUT2D eigenvalue weighted by Crippen LogP contribution is 2.22. The van der Waals surface area contributed by atoms with Crippen LogP contribution in [-0.2, 0) is 7.05 Å². The minimum atomic E-state index is -0.974. The van der Waals surface area contributed by atoms with E-state index in [1.165, 1.54) is 12.1 Å². The molecule has 0 fully saturated rings. The minimum absolute atomic E-state index is 0.211. The summed E-state index contributed by atoms with van der Waals surface area (Å²) in [6.45, 7) is 4.01. The Hall–Kier alpha value is -2.80. The molecule has 2 rings (SSSR count). The second-order valence-corrected chi connectivity index (χ2v) is 4.94. The molecule has 0 saturated carbocycles. The first-order valence-corrected chi connectivity index (χ1v) is 6.52. The molecular weight excluding hydrogens is 264 g/mol. The van der Waals surface area contributed by atoms with Crippen molar-refractivity contribution in [3.63, 3.8) is 0 Å². The van der Waals surface area contributed by atoms with Gasteiger partial charge in [0.05, 0.1) is 17.2 Å². The fourth-order valence-corrected chi connectivity index (χ4v) is 2.16. The number of nitriles is 1. The molecule has 1 heterocycles. The van der Waals surface area contributed by atoms with Crippen LogP contribution < -0.4 is 0 Å². The lowest BCUT2D eigenvalue weighted by molar-refractivity contribution is 0.0697. The lowest BCUT2D eigenvalue weighted by atomic mass is 10.0. The summed E-state index contributed by atoms with van der Waals surface area (Å²) in [7, 11) is 1.98. The molecule has 1 aromatic heterocycles. The summed E-state index contributed by atoms with van der Waals surface area (Å²) in [5, 5.41) is 18.2. The third kappa shape index (κ3) is 2.87. The maximum absolute atomic E-state index is 10.8. The molecule has 2 aromatic rings. The molecule has 4 heteroatoms. The van der Waals surface area contributed by atoms with Gasteiger partial charge in [0, 0.05) is 18.4 Å². The lowest BCUT2D eigenvalue weighted by Crippen LogP contribution is -1.95. The Morgan fingerprint density at radius 3 is 2.24 bits per heavy atom. The number of aromatic carboxylic acids is 1. The van der Waals surface area contributed by atoms with E-state index in [-0.39, 0.29) is 5.56 Å². The molecule has 4 nitrogen and oxygen atoms in total. The van der Waals surface area contributed by atoms with Gasteiger partial charge >= 0.3 is 5.97 Å². The van der Waals surface area contributed by atoms with Gasteiger partial charge in [0.15, 0.2) is 0 Å². The molecule has 0 aliphatic carbocycles. The zero-order valence-electron chi connectivity index (χ0n) is 12.2. The van der Waals surface area contributed by atoms with Crippen LogP contribution in [0, 0.1) is 25.2 Å². The van der Waals surface area contributed by atoms with Crippen LogP contribution in [0.4, 0.5) is 0 Å². The molecule has 1 N–H and O–H groups in total. The van der Waals surface area contributed by atoms with Gasteiger partial charge in [-0.1, -0.05) is 12.1 Å². The zero-order chi connectivity index (χ0) is 15.6. The fraction of sp³-hybridized carbons (Fsp3) is 0.176. The Morgan fingerprint density at radius 1 is 1.24 bits per heavy atom. The van der Waals surface area contributed by atoms with E-state index < -0.39 is 5.97 Å². The van der Waals surface area contributed by atoms with E-state index in [2.05, 4.69) is 10.6 Å². The van der Waals surface area contributed by atoms with E-state index in [0.717, 1.165) is 17.0 Å². The molecule has 0 atom stereocenters. The van der Waals surface area contributed by atoms with E-state index in [0.29, 0.717) is 11.1 Å². The van der Waals surface area contributed by atoms with E-state index in [1.54, 1.807) is 12.1 Å². The number of hydrogen-bond donors (Lipinski definition) is 1. The van der Waals surface area contributed by atoms with Crippen molar-refractivity contribution in [1.29, 1.82) is 5.26 Å². The molecule has 0 saturated heterocycles. The van der Waals surface area contributed by atoms with Crippen molar-refractivity contribution < 1.29 is 9.90 Å². The topological polar surface area (TPSA) is 66.0 Å². The van der Waals surface area contributed by atoms with E-state index in [9.17, 15) is 10.1 Å². The SMILES string of the molecule is Cc1cc(/C=C(/C#N)c2ccc(C(=O)O)cc2)c(C)n1C. The van der Waals surface area contributed by atoms with Crippen LogP contribution in [0.3, 0.4) is 0 Å². The third-order valence-corrected chi connectivity index (χ3v) is 3.68. The number of aromatic nitrogens is 1. The van der Waals surface area contributed by atoms with Crippen molar-refractivity contribution in [1.82, 2.24) is 4.57 Å². The van der Waals surface area contributed by atoms with Gasteiger partial charge in [0.2, 0.25) is 0 Å². The lowest BCUT2D eigenvalue weighted by Gasteiger charge is -2.02. The monoisotopic (exact) mass is 280 g/mol. The highest BCUT2D eigenvalue weighted by atomic mass is 16.4. The number of rotatable bonds is 3. The molecule has 0 amide bonds. The Bertz CT molecular complexity index is 759. The van der Waals surface area contributed by atoms with Crippen molar-refractivity contribution in [2.45, 2.75) is 13.8 Å². The predicted molar refractivity (Wildman–Crippen MR) is 81.8 cm³/mol. The smallest absolute Gasteiger partial charge is 0.335 e. The number of carboxylic acids is 1. The van der Waals surface area contributed by atoms with E-state index >= 15 is 0 Å². The third-order valence-electron chi connectivity index (χ3n) is 3.68. The number of hydrogen-bond acceptors (Lipinski definition) is 2. The quantitative estimate of drug-likeness (QED) is 0.876. The maximum Gasteiger partial charge on any atom is 0.335 e. The van der Waals surface area contributed by atoms with Gasteiger partial charge in [-0.2, -0.15) is 5.26 Å². The van der Waals surface area contributed by atoms with Crippen molar-refractivity contribution in [2.24, 2.45) is 7.05 Å². The van der Waals surface area contributed by atoms with Crippen LogP contribution in [0.15, 0.2) is 30.3 Å². The number of nitrogens with zero attached hydrogens (tertiary/aromatic N) is 2. The Morgan fingerprint density at radius 2 is 1.81 bits per heavy atom. The second-order valence-electron chi connectivity index (χ2n) is 4.94. The number of carbonyl (C=O) groups is 1. The van der Waals surface area contributed by atoms with Gasteiger partial charge in [0.1, 0.15) is 0 Å². The Kier molecular flexibility index (Phi) is 3.95. The van der Waals surface area contributed by atoms with Gasteiger partial charge in [0.25, 0.3) is 0 Å². The molecular formula is C17H16N2O2. The summed E-state index contributed by atoms with van der Waals surface area (Å²) in [4.78, 5) is 10.8. The first kappa shape index (κ1) is 14.6. The molecule has 21 heavy (non-hydrogen) atoms. The van der Waals surface area contributed by atoms with E-state index in [1.807, 2.05) is 33.0 Å².